The normalized spacial score (nSPS) is 23.2. The van der Waals surface area contributed by atoms with Crippen LogP contribution in [0.4, 0.5) is 0 Å². The monoisotopic (exact) mass is 285 g/mol. The van der Waals surface area contributed by atoms with Crippen molar-refractivity contribution in [3.05, 3.63) is 5.82 Å². The fraction of sp³-hybridized carbons (Fsp3) is 0.750. The maximum absolute atomic E-state index is 10.7. The zero-order valence-electron chi connectivity index (χ0n) is 11.4. The minimum Gasteiger partial charge on any atom is -0.481 e. The van der Waals surface area contributed by atoms with Crippen LogP contribution >= 0.6 is 11.8 Å². The number of rotatable bonds is 5. The molecule has 1 aliphatic rings. The molecule has 0 spiro atoms. The summed E-state index contributed by atoms with van der Waals surface area (Å²) in [7, 11) is 0. The van der Waals surface area contributed by atoms with Gasteiger partial charge in [0.1, 0.15) is 5.82 Å². The smallest absolute Gasteiger partial charge is 0.313 e. The van der Waals surface area contributed by atoms with Gasteiger partial charge < -0.3 is 14.4 Å². The van der Waals surface area contributed by atoms with Crippen molar-refractivity contribution in [3.8, 4) is 0 Å². The third-order valence-corrected chi connectivity index (χ3v) is 4.02. The van der Waals surface area contributed by atoms with Crippen LogP contribution < -0.4 is 0 Å². The Balaban J connectivity index is 2.21. The molecule has 106 valence electrons. The van der Waals surface area contributed by atoms with Crippen molar-refractivity contribution < 1.29 is 14.6 Å². The molecule has 2 unspecified atom stereocenters. The van der Waals surface area contributed by atoms with E-state index in [1.807, 2.05) is 4.57 Å². The summed E-state index contributed by atoms with van der Waals surface area (Å²) in [5, 5.41) is 17.8. The molecule has 1 N–H and O–H groups in total. The lowest BCUT2D eigenvalue weighted by atomic mass is 10.1. The minimum atomic E-state index is -0.845. The molecule has 6 nitrogen and oxygen atoms in total. The second kappa shape index (κ2) is 5.92. The lowest BCUT2D eigenvalue weighted by Crippen LogP contribution is -2.13. The molecular formula is C12H19N3O3S. The molecule has 0 radical (unpaired) electrons. The van der Waals surface area contributed by atoms with Crippen LogP contribution in [0.25, 0.3) is 0 Å². The van der Waals surface area contributed by atoms with Gasteiger partial charge in [-0.05, 0) is 27.2 Å². The van der Waals surface area contributed by atoms with E-state index in [1.165, 1.54) is 11.8 Å². The lowest BCUT2D eigenvalue weighted by Gasteiger charge is -2.16. The van der Waals surface area contributed by atoms with Gasteiger partial charge in [-0.25, -0.2) is 0 Å². The number of nitrogens with zero attached hydrogens (tertiary/aromatic N) is 3. The Morgan fingerprint density at radius 3 is 2.84 bits per heavy atom. The SMILES string of the molecule is CC1CC(c2nnc(SCC(=O)O)n2C(C)C)CO1. The molecule has 1 aromatic rings. The van der Waals surface area contributed by atoms with E-state index in [-0.39, 0.29) is 23.8 Å². The fourth-order valence-corrected chi connectivity index (χ4v) is 3.07. The van der Waals surface area contributed by atoms with Gasteiger partial charge in [0.05, 0.1) is 18.5 Å². The molecule has 2 heterocycles. The van der Waals surface area contributed by atoms with E-state index in [4.69, 9.17) is 9.84 Å². The highest BCUT2D eigenvalue weighted by atomic mass is 32.2. The van der Waals surface area contributed by atoms with Gasteiger partial charge in [-0.15, -0.1) is 10.2 Å². The molecule has 7 heteroatoms. The van der Waals surface area contributed by atoms with Gasteiger partial charge in [0.25, 0.3) is 0 Å². The van der Waals surface area contributed by atoms with Gasteiger partial charge in [0, 0.05) is 12.0 Å². The Kier molecular flexibility index (Phi) is 4.46. The van der Waals surface area contributed by atoms with Crippen molar-refractivity contribution in [1.82, 2.24) is 14.8 Å². The van der Waals surface area contributed by atoms with Crippen LogP contribution in [0.1, 0.15) is 45.0 Å². The first-order valence-corrected chi connectivity index (χ1v) is 7.38. The second-order valence-corrected chi connectivity index (χ2v) is 6.01. The molecular weight excluding hydrogens is 266 g/mol. The first kappa shape index (κ1) is 14.3. The summed E-state index contributed by atoms with van der Waals surface area (Å²) in [4.78, 5) is 10.7. The number of hydrogen-bond acceptors (Lipinski definition) is 5. The zero-order chi connectivity index (χ0) is 14.0. The highest BCUT2D eigenvalue weighted by Crippen LogP contribution is 2.32. The van der Waals surface area contributed by atoms with Crippen molar-refractivity contribution in [1.29, 1.82) is 0 Å². The molecule has 0 saturated carbocycles. The third kappa shape index (κ3) is 3.27. The second-order valence-electron chi connectivity index (χ2n) is 5.06. The molecule has 0 bridgehead atoms. The maximum Gasteiger partial charge on any atom is 0.313 e. The van der Waals surface area contributed by atoms with Crippen LogP contribution in [0.2, 0.25) is 0 Å². The van der Waals surface area contributed by atoms with E-state index in [0.717, 1.165) is 12.2 Å². The van der Waals surface area contributed by atoms with E-state index >= 15 is 0 Å². The summed E-state index contributed by atoms with van der Waals surface area (Å²) in [5.41, 5.74) is 0. The van der Waals surface area contributed by atoms with E-state index in [1.54, 1.807) is 0 Å². The van der Waals surface area contributed by atoms with Gasteiger partial charge >= 0.3 is 5.97 Å². The minimum absolute atomic E-state index is 0.00240. The van der Waals surface area contributed by atoms with Gasteiger partial charge in [0.2, 0.25) is 0 Å². The number of carboxylic acid groups (broad SMARTS) is 1. The maximum atomic E-state index is 10.7. The number of carbonyl (C=O) groups is 1. The molecule has 19 heavy (non-hydrogen) atoms. The van der Waals surface area contributed by atoms with E-state index in [0.29, 0.717) is 11.8 Å². The van der Waals surface area contributed by atoms with E-state index < -0.39 is 5.97 Å². The van der Waals surface area contributed by atoms with E-state index in [9.17, 15) is 4.79 Å². The average Bonchev–Trinajstić information content (AvgIpc) is 2.91. The molecule has 0 amide bonds. The van der Waals surface area contributed by atoms with Crippen molar-refractivity contribution in [2.75, 3.05) is 12.4 Å². The molecule has 1 saturated heterocycles. The predicted octanol–water partition coefficient (Wildman–Crippen LogP) is 1.93. The number of thioether (sulfide) groups is 1. The van der Waals surface area contributed by atoms with Crippen LogP contribution in [0.5, 0.6) is 0 Å². The Hall–Kier alpha value is -1.08. The van der Waals surface area contributed by atoms with Gasteiger partial charge in [-0.2, -0.15) is 0 Å². The van der Waals surface area contributed by atoms with Crippen LogP contribution in [0.15, 0.2) is 5.16 Å². The Bertz CT molecular complexity index is 461. The van der Waals surface area contributed by atoms with Crippen molar-refractivity contribution in [2.45, 2.75) is 50.4 Å². The summed E-state index contributed by atoms with van der Waals surface area (Å²) in [6, 6.07) is 0.206. The third-order valence-electron chi connectivity index (χ3n) is 3.10. The number of aliphatic carboxylic acids is 1. The molecule has 0 aromatic carbocycles. The van der Waals surface area contributed by atoms with Gasteiger partial charge in [-0.3, -0.25) is 4.79 Å². The fourth-order valence-electron chi connectivity index (χ4n) is 2.27. The summed E-state index contributed by atoms with van der Waals surface area (Å²) >= 11 is 1.21. The predicted molar refractivity (Wildman–Crippen MR) is 71.5 cm³/mol. The average molecular weight is 285 g/mol. The molecule has 1 fully saturated rings. The highest BCUT2D eigenvalue weighted by molar-refractivity contribution is 7.99. The Labute approximate surface area is 116 Å². The molecule has 2 atom stereocenters. The highest BCUT2D eigenvalue weighted by Gasteiger charge is 2.29. The number of hydrogen-bond donors (Lipinski definition) is 1. The molecule has 1 aliphatic heterocycles. The van der Waals surface area contributed by atoms with Crippen LogP contribution in [-0.4, -0.2) is 44.3 Å². The summed E-state index contributed by atoms with van der Waals surface area (Å²) in [6.07, 6.45) is 1.19. The van der Waals surface area contributed by atoms with Crippen LogP contribution in [0.3, 0.4) is 0 Å². The standard InChI is InChI=1S/C12H19N3O3S/c1-7(2)15-11(9-4-8(3)18-5-9)13-14-12(15)19-6-10(16)17/h7-9H,4-6H2,1-3H3,(H,16,17). The van der Waals surface area contributed by atoms with Crippen LogP contribution in [-0.2, 0) is 9.53 Å². The van der Waals surface area contributed by atoms with Gasteiger partial charge in [0.15, 0.2) is 5.16 Å². The first-order valence-electron chi connectivity index (χ1n) is 6.40. The quantitative estimate of drug-likeness (QED) is 0.833. The van der Waals surface area contributed by atoms with Crippen molar-refractivity contribution in [2.24, 2.45) is 0 Å². The van der Waals surface area contributed by atoms with Crippen molar-refractivity contribution >= 4 is 17.7 Å². The largest absolute Gasteiger partial charge is 0.481 e. The van der Waals surface area contributed by atoms with E-state index in [2.05, 4.69) is 31.0 Å². The topological polar surface area (TPSA) is 77.2 Å². The molecule has 0 aliphatic carbocycles. The Morgan fingerprint density at radius 1 is 1.58 bits per heavy atom. The number of ether oxygens (including phenoxy) is 1. The van der Waals surface area contributed by atoms with Gasteiger partial charge in [-0.1, -0.05) is 11.8 Å². The molecule has 2 rings (SSSR count). The molecule has 1 aromatic heterocycles. The zero-order valence-corrected chi connectivity index (χ0v) is 12.2. The lowest BCUT2D eigenvalue weighted by molar-refractivity contribution is -0.133. The summed E-state index contributed by atoms with van der Waals surface area (Å²) < 4.78 is 7.61. The first-order chi connectivity index (χ1) is 8.99. The number of carboxylic acids is 1. The van der Waals surface area contributed by atoms with Crippen LogP contribution in [0, 0.1) is 0 Å². The Morgan fingerprint density at radius 2 is 2.32 bits per heavy atom. The summed E-state index contributed by atoms with van der Waals surface area (Å²) in [6.45, 7) is 6.82. The summed E-state index contributed by atoms with van der Waals surface area (Å²) in [5.74, 6) is 0.321. The van der Waals surface area contributed by atoms with Crippen molar-refractivity contribution in [3.63, 3.8) is 0 Å². The number of aromatic nitrogens is 3.